The van der Waals surface area contributed by atoms with E-state index < -0.39 is 0 Å². The Balaban J connectivity index is 1.66. The number of allylic oxidation sites excluding steroid dienone is 1. The molecule has 2 aliphatic rings. The molecule has 1 atom stereocenters. The summed E-state index contributed by atoms with van der Waals surface area (Å²) in [7, 11) is 1.79. The summed E-state index contributed by atoms with van der Waals surface area (Å²) in [6.45, 7) is 5.81. The Kier molecular flexibility index (Phi) is 5.26. The highest BCUT2D eigenvalue weighted by atomic mass is 16.6. The summed E-state index contributed by atoms with van der Waals surface area (Å²) in [6.07, 6.45) is 3.86. The summed E-state index contributed by atoms with van der Waals surface area (Å²) < 4.78 is 11.1. The summed E-state index contributed by atoms with van der Waals surface area (Å²) in [5.41, 5.74) is 0.749. The predicted molar refractivity (Wildman–Crippen MR) is 95.0 cm³/mol. The number of unbranched alkanes of at least 4 members (excludes halogenated alkanes) is 1. The molecule has 25 heavy (non-hydrogen) atoms. The van der Waals surface area contributed by atoms with Crippen LogP contribution >= 0.6 is 0 Å². The van der Waals surface area contributed by atoms with Crippen LogP contribution in [0.4, 0.5) is 5.69 Å². The van der Waals surface area contributed by atoms with Gasteiger partial charge in [-0.05, 0) is 25.0 Å². The number of ether oxygens (including phenoxy) is 2. The van der Waals surface area contributed by atoms with E-state index in [4.69, 9.17) is 9.47 Å². The number of carbonyl (C=O) groups is 2. The Labute approximate surface area is 148 Å². The second-order valence-electron chi connectivity index (χ2n) is 6.42. The predicted octanol–water partition coefficient (Wildman–Crippen LogP) is 2.24. The van der Waals surface area contributed by atoms with Gasteiger partial charge in [-0.3, -0.25) is 9.59 Å². The highest BCUT2D eigenvalue weighted by Gasteiger charge is 2.36. The van der Waals surface area contributed by atoms with E-state index in [0.29, 0.717) is 37.8 Å². The smallest absolute Gasteiger partial charge is 0.227 e. The lowest BCUT2D eigenvalue weighted by Crippen LogP contribution is -2.35. The van der Waals surface area contributed by atoms with Gasteiger partial charge in [0.25, 0.3) is 0 Å². The highest BCUT2D eigenvalue weighted by Crippen LogP contribution is 2.36. The fraction of sp³-hybridized carbons (Fsp3) is 0.474. The summed E-state index contributed by atoms with van der Waals surface area (Å²) >= 11 is 0. The van der Waals surface area contributed by atoms with Crippen molar-refractivity contribution in [1.29, 1.82) is 0 Å². The molecule has 1 aromatic carbocycles. The molecule has 3 rings (SSSR count). The number of nitrogens with zero attached hydrogens (tertiary/aromatic N) is 2. The van der Waals surface area contributed by atoms with E-state index in [0.717, 1.165) is 18.5 Å². The van der Waals surface area contributed by atoms with Crippen LogP contribution in [0.1, 0.15) is 19.3 Å². The molecule has 0 bridgehead atoms. The zero-order valence-corrected chi connectivity index (χ0v) is 14.6. The SMILES string of the molecule is C=CCCCN(C)C(=O)C1CC(=O)N(c2ccc3c(c2)OCCO3)C1. The molecule has 2 aliphatic heterocycles. The molecule has 2 heterocycles. The van der Waals surface area contributed by atoms with Crippen molar-refractivity contribution in [3.05, 3.63) is 30.9 Å². The van der Waals surface area contributed by atoms with Gasteiger partial charge in [0.1, 0.15) is 13.2 Å². The number of amides is 2. The minimum Gasteiger partial charge on any atom is -0.486 e. The summed E-state index contributed by atoms with van der Waals surface area (Å²) in [6, 6.07) is 5.47. The second-order valence-corrected chi connectivity index (χ2v) is 6.42. The quantitative estimate of drug-likeness (QED) is 0.587. The van der Waals surface area contributed by atoms with Crippen LogP contribution in [0.3, 0.4) is 0 Å². The van der Waals surface area contributed by atoms with E-state index in [-0.39, 0.29) is 24.2 Å². The van der Waals surface area contributed by atoms with E-state index in [9.17, 15) is 9.59 Å². The zero-order chi connectivity index (χ0) is 17.8. The number of benzene rings is 1. The van der Waals surface area contributed by atoms with Gasteiger partial charge < -0.3 is 19.3 Å². The molecule has 0 N–H and O–H groups in total. The highest BCUT2D eigenvalue weighted by molar-refractivity contribution is 6.00. The van der Waals surface area contributed by atoms with Gasteiger partial charge in [-0.15, -0.1) is 6.58 Å². The number of anilines is 1. The zero-order valence-electron chi connectivity index (χ0n) is 14.6. The molecule has 0 aromatic heterocycles. The van der Waals surface area contributed by atoms with E-state index in [1.165, 1.54) is 0 Å². The molecule has 1 aromatic rings. The van der Waals surface area contributed by atoms with Crippen LogP contribution in [0.15, 0.2) is 30.9 Å². The molecule has 1 saturated heterocycles. The van der Waals surface area contributed by atoms with Crippen LogP contribution < -0.4 is 14.4 Å². The van der Waals surface area contributed by atoms with Gasteiger partial charge in [-0.1, -0.05) is 6.08 Å². The average molecular weight is 344 g/mol. The lowest BCUT2D eigenvalue weighted by atomic mass is 10.1. The van der Waals surface area contributed by atoms with Gasteiger partial charge in [-0.25, -0.2) is 0 Å². The molecule has 0 radical (unpaired) electrons. The Bertz CT molecular complexity index is 673. The van der Waals surface area contributed by atoms with Crippen molar-refractivity contribution in [2.75, 3.05) is 38.3 Å². The molecule has 1 fully saturated rings. The fourth-order valence-corrected chi connectivity index (χ4v) is 3.22. The van der Waals surface area contributed by atoms with E-state index in [1.807, 2.05) is 24.3 Å². The van der Waals surface area contributed by atoms with Crippen LogP contribution in [-0.4, -0.2) is 50.1 Å². The topological polar surface area (TPSA) is 59.1 Å². The van der Waals surface area contributed by atoms with Crippen LogP contribution in [0.25, 0.3) is 0 Å². The van der Waals surface area contributed by atoms with E-state index in [1.54, 1.807) is 16.8 Å². The average Bonchev–Trinajstić information content (AvgIpc) is 3.02. The largest absolute Gasteiger partial charge is 0.486 e. The van der Waals surface area contributed by atoms with E-state index >= 15 is 0 Å². The maximum atomic E-state index is 12.6. The molecule has 2 amide bonds. The molecule has 0 aliphatic carbocycles. The number of fused-ring (bicyclic) bond motifs is 1. The van der Waals surface area contributed by atoms with Gasteiger partial charge in [0.2, 0.25) is 11.8 Å². The third-order valence-electron chi connectivity index (χ3n) is 4.59. The Hall–Kier alpha value is -2.50. The van der Waals surface area contributed by atoms with Gasteiger partial charge >= 0.3 is 0 Å². The lowest BCUT2D eigenvalue weighted by Gasteiger charge is -2.23. The third kappa shape index (κ3) is 3.78. The van der Waals surface area contributed by atoms with Crippen LogP contribution in [0, 0.1) is 5.92 Å². The number of carbonyl (C=O) groups excluding carboxylic acids is 2. The van der Waals surface area contributed by atoms with Crippen molar-refractivity contribution in [3.8, 4) is 11.5 Å². The third-order valence-corrected chi connectivity index (χ3v) is 4.59. The van der Waals surface area contributed by atoms with Crippen molar-refractivity contribution in [2.45, 2.75) is 19.3 Å². The first kappa shape index (κ1) is 17.3. The monoisotopic (exact) mass is 344 g/mol. The van der Waals surface area contributed by atoms with Gasteiger partial charge in [-0.2, -0.15) is 0 Å². The van der Waals surface area contributed by atoms with Crippen LogP contribution in [0.5, 0.6) is 11.5 Å². The summed E-state index contributed by atoms with van der Waals surface area (Å²) in [5.74, 6) is 1.03. The fourth-order valence-electron chi connectivity index (χ4n) is 3.22. The molecule has 6 nitrogen and oxygen atoms in total. The first-order valence-corrected chi connectivity index (χ1v) is 8.66. The summed E-state index contributed by atoms with van der Waals surface area (Å²) in [5, 5.41) is 0. The maximum absolute atomic E-state index is 12.6. The second kappa shape index (κ2) is 7.59. The molecule has 134 valence electrons. The van der Waals surface area contributed by atoms with Gasteiger partial charge in [0.15, 0.2) is 11.5 Å². The van der Waals surface area contributed by atoms with Crippen molar-refractivity contribution in [2.24, 2.45) is 5.92 Å². The minimum absolute atomic E-state index is 0.0254. The normalized spacial score (nSPS) is 19.0. The van der Waals surface area contributed by atoms with E-state index in [2.05, 4.69) is 6.58 Å². The Morgan fingerprint density at radius 2 is 2.12 bits per heavy atom. The van der Waals surface area contributed by atoms with Crippen molar-refractivity contribution < 1.29 is 19.1 Å². The van der Waals surface area contributed by atoms with Gasteiger partial charge in [0.05, 0.1) is 5.92 Å². The van der Waals surface area contributed by atoms with Crippen molar-refractivity contribution in [1.82, 2.24) is 4.90 Å². The maximum Gasteiger partial charge on any atom is 0.227 e. The number of rotatable bonds is 6. The minimum atomic E-state index is -0.297. The lowest BCUT2D eigenvalue weighted by molar-refractivity contribution is -0.134. The molecule has 6 heteroatoms. The van der Waals surface area contributed by atoms with Crippen LogP contribution in [-0.2, 0) is 9.59 Å². The molecule has 1 unspecified atom stereocenters. The van der Waals surface area contributed by atoms with Crippen molar-refractivity contribution >= 4 is 17.5 Å². The number of hydrogen-bond acceptors (Lipinski definition) is 4. The summed E-state index contributed by atoms with van der Waals surface area (Å²) in [4.78, 5) is 28.4. The van der Waals surface area contributed by atoms with Crippen LogP contribution in [0.2, 0.25) is 0 Å². The van der Waals surface area contributed by atoms with Gasteiger partial charge in [0, 0.05) is 38.3 Å². The standard InChI is InChI=1S/C19H24N2O4/c1-3-4-5-8-20(2)19(23)14-11-18(22)21(13-14)15-6-7-16-17(12-15)25-10-9-24-16/h3,6-7,12,14H,1,4-5,8-11,13H2,2H3. The first-order chi connectivity index (χ1) is 12.1. The Morgan fingerprint density at radius 1 is 1.36 bits per heavy atom. The number of hydrogen-bond donors (Lipinski definition) is 0. The molecule has 0 spiro atoms. The Morgan fingerprint density at radius 3 is 2.88 bits per heavy atom. The molecular formula is C19H24N2O4. The molecule has 0 saturated carbocycles. The van der Waals surface area contributed by atoms with Crippen molar-refractivity contribution in [3.63, 3.8) is 0 Å². The first-order valence-electron chi connectivity index (χ1n) is 8.66. The molecular weight excluding hydrogens is 320 g/mol.